The third-order valence-electron chi connectivity index (χ3n) is 6.26. The minimum Gasteiger partial charge on any atom is -0.356 e. The van der Waals surface area contributed by atoms with Crippen molar-refractivity contribution in [3.05, 3.63) is 94.1 Å². The Hall–Kier alpha value is -3.06. The highest BCUT2D eigenvalue weighted by Crippen LogP contribution is 2.32. The molecular formula is C26H29F2N3OS. The predicted molar refractivity (Wildman–Crippen MR) is 132 cm³/mol. The summed E-state index contributed by atoms with van der Waals surface area (Å²) in [5, 5.41) is 10.0. The maximum atomic E-state index is 14.0. The Balaban J connectivity index is 1.73. The number of rotatable bonds is 5. The summed E-state index contributed by atoms with van der Waals surface area (Å²) >= 11 is 5.56. The van der Waals surface area contributed by atoms with Gasteiger partial charge in [0.05, 0.1) is 23.2 Å². The molecule has 1 amide bonds. The molecule has 4 nitrogen and oxygen atoms in total. The molecule has 33 heavy (non-hydrogen) atoms. The highest BCUT2D eigenvalue weighted by Gasteiger charge is 2.34. The summed E-state index contributed by atoms with van der Waals surface area (Å²) in [4.78, 5) is 12.7. The Kier molecular flexibility index (Phi) is 7.32. The van der Waals surface area contributed by atoms with E-state index >= 15 is 0 Å². The van der Waals surface area contributed by atoms with E-state index in [1.165, 1.54) is 24.3 Å². The van der Waals surface area contributed by atoms with Crippen LogP contribution in [0.3, 0.4) is 0 Å². The van der Waals surface area contributed by atoms with Crippen molar-refractivity contribution in [3.63, 3.8) is 0 Å². The molecule has 174 valence electrons. The van der Waals surface area contributed by atoms with Gasteiger partial charge in [0, 0.05) is 0 Å². The molecule has 3 rings (SSSR count). The zero-order valence-corrected chi connectivity index (χ0v) is 20.2. The maximum absolute atomic E-state index is 14.0. The topological polar surface area (TPSA) is 53.2 Å². The first kappa shape index (κ1) is 24.6. The van der Waals surface area contributed by atoms with Crippen LogP contribution in [-0.2, 0) is 0 Å². The van der Waals surface area contributed by atoms with Crippen LogP contribution in [0.2, 0.25) is 0 Å². The molecule has 0 bridgehead atoms. The van der Waals surface area contributed by atoms with Crippen LogP contribution >= 0.6 is 12.2 Å². The van der Waals surface area contributed by atoms with E-state index < -0.39 is 17.3 Å². The smallest absolute Gasteiger partial charge is 0.254 e. The highest BCUT2D eigenvalue weighted by molar-refractivity contribution is 7.80. The van der Waals surface area contributed by atoms with E-state index in [1.54, 1.807) is 24.3 Å². The van der Waals surface area contributed by atoms with Gasteiger partial charge in [0.2, 0.25) is 0 Å². The summed E-state index contributed by atoms with van der Waals surface area (Å²) in [6, 6.07) is 11.8. The van der Waals surface area contributed by atoms with Crippen molar-refractivity contribution < 1.29 is 13.6 Å². The van der Waals surface area contributed by atoms with Crippen molar-refractivity contribution in [2.45, 2.75) is 52.2 Å². The van der Waals surface area contributed by atoms with Gasteiger partial charge >= 0.3 is 0 Å². The van der Waals surface area contributed by atoms with Crippen LogP contribution in [0.5, 0.6) is 0 Å². The molecule has 0 saturated heterocycles. The first-order valence-electron chi connectivity index (χ1n) is 10.8. The minimum atomic E-state index is -0.569. The zero-order valence-electron chi connectivity index (χ0n) is 19.4. The zero-order chi connectivity index (χ0) is 24.3. The van der Waals surface area contributed by atoms with Gasteiger partial charge in [-0.25, -0.2) is 8.78 Å². The SMILES string of the molecule is CC1=CC(C)(NC(=S)NC(C)c2ccc(F)cc2)C(C)=C(C)C1NC(=O)c1ccccc1F. The van der Waals surface area contributed by atoms with E-state index in [4.69, 9.17) is 12.2 Å². The number of carbonyl (C=O) groups is 1. The fourth-order valence-corrected chi connectivity index (χ4v) is 4.51. The number of carbonyl (C=O) groups excluding carboxylic acids is 1. The molecule has 0 radical (unpaired) electrons. The lowest BCUT2D eigenvalue weighted by molar-refractivity contribution is 0.0942. The first-order valence-corrected chi connectivity index (χ1v) is 11.2. The maximum Gasteiger partial charge on any atom is 0.254 e. The number of benzene rings is 2. The van der Waals surface area contributed by atoms with E-state index in [1.807, 2.05) is 40.7 Å². The van der Waals surface area contributed by atoms with E-state index in [9.17, 15) is 13.6 Å². The summed E-state index contributed by atoms with van der Waals surface area (Å²) in [5.41, 5.74) is 3.25. The van der Waals surface area contributed by atoms with Crippen molar-refractivity contribution in [1.82, 2.24) is 16.0 Å². The normalized spacial score (nSPS) is 21.2. The van der Waals surface area contributed by atoms with E-state index in [0.717, 1.165) is 22.3 Å². The number of amides is 1. The minimum absolute atomic E-state index is 0.0161. The van der Waals surface area contributed by atoms with Crippen molar-refractivity contribution >= 4 is 23.2 Å². The second kappa shape index (κ2) is 9.83. The van der Waals surface area contributed by atoms with Crippen LogP contribution in [-0.4, -0.2) is 22.6 Å². The average molecular weight is 470 g/mol. The van der Waals surface area contributed by atoms with Crippen LogP contribution in [0, 0.1) is 11.6 Å². The lowest BCUT2D eigenvalue weighted by Crippen LogP contribution is -2.53. The Labute approximate surface area is 199 Å². The van der Waals surface area contributed by atoms with Crippen LogP contribution in [0.1, 0.15) is 56.6 Å². The second-order valence-electron chi connectivity index (χ2n) is 8.66. The predicted octanol–water partition coefficient (Wildman–Crippen LogP) is 5.34. The molecule has 0 fully saturated rings. The standard InChI is InChI=1S/C26H29F2N3OS/c1-15-14-26(5,31-25(33)29-18(4)19-10-12-20(27)13-11-19)17(3)16(2)23(15)30-24(32)21-8-6-7-9-22(21)28/h6-14,18,23H,1-5H3,(H,30,32)(H2,29,31,33). The number of halogens is 2. The Morgan fingerprint density at radius 3 is 2.33 bits per heavy atom. The molecule has 1 aliphatic carbocycles. The van der Waals surface area contributed by atoms with Gasteiger partial charge in [-0.05, 0) is 93.4 Å². The van der Waals surface area contributed by atoms with E-state index in [-0.39, 0.29) is 23.5 Å². The fourth-order valence-electron chi connectivity index (χ4n) is 4.12. The van der Waals surface area contributed by atoms with Crippen LogP contribution in [0.25, 0.3) is 0 Å². The summed E-state index contributed by atoms with van der Waals surface area (Å²) in [6.45, 7) is 9.84. The lowest BCUT2D eigenvalue weighted by atomic mass is 9.78. The largest absolute Gasteiger partial charge is 0.356 e. The van der Waals surface area contributed by atoms with Gasteiger partial charge in [-0.1, -0.05) is 30.3 Å². The van der Waals surface area contributed by atoms with E-state index in [0.29, 0.717) is 5.11 Å². The van der Waals surface area contributed by atoms with Gasteiger partial charge in [0.15, 0.2) is 5.11 Å². The van der Waals surface area contributed by atoms with Crippen molar-refractivity contribution in [3.8, 4) is 0 Å². The summed E-state index contributed by atoms with van der Waals surface area (Å²) in [6.07, 6.45) is 2.03. The van der Waals surface area contributed by atoms with Gasteiger partial charge in [0.25, 0.3) is 5.91 Å². The molecule has 0 saturated carbocycles. The molecular weight excluding hydrogens is 440 g/mol. The third kappa shape index (κ3) is 5.47. The van der Waals surface area contributed by atoms with Crippen molar-refractivity contribution in [1.29, 1.82) is 0 Å². The van der Waals surface area contributed by atoms with Gasteiger partial charge < -0.3 is 16.0 Å². The Morgan fingerprint density at radius 1 is 1.06 bits per heavy atom. The third-order valence-corrected chi connectivity index (χ3v) is 6.48. The number of thiocarbonyl (C=S) groups is 1. The molecule has 3 N–H and O–H groups in total. The van der Waals surface area contributed by atoms with Gasteiger partial charge in [-0.2, -0.15) is 0 Å². The van der Waals surface area contributed by atoms with Gasteiger partial charge in [0.1, 0.15) is 11.6 Å². The summed E-state index contributed by atoms with van der Waals surface area (Å²) < 4.78 is 27.2. The molecule has 0 aliphatic heterocycles. The first-order chi connectivity index (χ1) is 15.5. The van der Waals surface area contributed by atoms with Gasteiger partial charge in [-0.3, -0.25) is 4.79 Å². The molecule has 0 spiro atoms. The van der Waals surface area contributed by atoms with Crippen molar-refractivity contribution in [2.75, 3.05) is 0 Å². The molecule has 3 unspecified atom stereocenters. The van der Waals surface area contributed by atoms with Crippen LogP contribution in [0.4, 0.5) is 8.78 Å². The van der Waals surface area contributed by atoms with Crippen LogP contribution < -0.4 is 16.0 Å². The number of hydrogen-bond acceptors (Lipinski definition) is 2. The molecule has 0 aromatic heterocycles. The summed E-state index contributed by atoms with van der Waals surface area (Å²) in [7, 11) is 0. The van der Waals surface area contributed by atoms with Crippen molar-refractivity contribution in [2.24, 2.45) is 0 Å². The molecule has 2 aromatic rings. The van der Waals surface area contributed by atoms with Gasteiger partial charge in [-0.15, -0.1) is 0 Å². The molecule has 0 heterocycles. The fraction of sp³-hybridized carbons (Fsp3) is 0.308. The number of nitrogens with one attached hydrogen (secondary N) is 3. The average Bonchev–Trinajstić information content (AvgIpc) is 2.75. The monoisotopic (exact) mass is 469 g/mol. The number of hydrogen-bond donors (Lipinski definition) is 3. The Bertz CT molecular complexity index is 1130. The summed E-state index contributed by atoms with van der Waals surface area (Å²) in [5.74, 6) is -1.29. The molecule has 7 heteroatoms. The second-order valence-corrected chi connectivity index (χ2v) is 9.06. The Morgan fingerprint density at radius 2 is 1.70 bits per heavy atom. The highest BCUT2D eigenvalue weighted by atomic mass is 32.1. The molecule has 1 aliphatic rings. The molecule has 3 atom stereocenters. The molecule has 2 aromatic carbocycles. The quantitative estimate of drug-likeness (QED) is 0.409. The lowest BCUT2D eigenvalue weighted by Gasteiger charge is -2.39. The van der Waals surface area contributed by atoms with Crippen LogP contribution in [0.15, 0.2) is 71.3 Å². The van der Waals surface area contributed by atoms with E-state index in [2.05, 4.69) is 16.0 Å².